The molecule has 158 valence electrons. The van der Waals surface area contributed by atoms with E-state index < -0.39 is 6.10 Å². The van der Waals surface area contributed by atoms with Gasteiger partial charge in [0.2, 0.25) is 0 Å². The summed E-state index contributed by atoms with van der Waals surface area (Å²) in [6.07, 6.45) is 6.69. The van der Waals surface area contributed by atoms with Crippen LogP contribution < -0.4 is 14.8 Å². The van der Waals surface area contributed by atoms with Gasteiger partial charge in [-0.2, -0.15) is 0 Å². The Morgan fingerprint density at radius 2 is 1.89 bits per heavy atom. The third-order valence-corrected chi connectivity index (χ3v) is 5.64. The predicted molar refractivity (Wildman–Crippen MR) is 110 cm³/mol. The average molecular weight is 393 g/mol. The Balaban J connectivity index is 1.46. The average Bonchev–Trinajstić information content (AvgIpc) is 3.00. The van der Waals surface area contributed by atoms with E-state index in [2.05, 4.69) is 16.3 Å². The molecule has 6 heteroatoms. The van der Waals surface area contributed by atoms with E-state index in [4.69, 9.17) is 14.2 Å². The fourth-order valence-electron chi connectivity index (χ4n) is 3.96. The molecule has 0 amide bonds. The number of rotatable bonds is 9. The number of ether oxygens (including phenoxy) is 3. The van der Waals surface area contributed by atoms with E-state index in [-0.39, 0.29) is 6.61 Å². The minimum Gasteiger partial charge on any atom is -0.493 e. The molecule has 1 atom stereocenters. The van der Waals surface area contributed by atoms with E-state index in [1.807, 2.05) is 12.1 Å². The second-order valence-corrected chi connectivity index (χ2v) is 7.93. The number of hydrogen-bond donors (Lipinski definition) is 2. The molecular formula is C22H36N2O4. The largest absolute Gasteiger partial charge is 0.493 e. The number of hydrogen-bond acceptors (Lipinski definition) is 6. The molecule has 2 heterocycles. The second kappa shape index (κ2) is 11.6. The number of β-amino-alcohol motifs (C(OH)–C–C–N with tert-alkyl or cyclic N) is 1. The van der Waals surface area contributed by atoms with Crippen LogP contribution in [0.25, 0.3) is 0 Å². The van der Waals surface area contributed by atoms with Crippen LogP contribution in [0.1, 0.15) is 44.1 Å². The minimum absolute atomic E-state index is 0.284. The number of methoxy groups -OCH3 is 1. The molecule has 6 nitrogen and oxygen atoms in total. The number of nitrogens with one attached hydrogen (secondary N) is 1. The molecule has 1 aromatic rings. The SMILES string of the molecule is COc1cc(CNC2CCOCC2)ccc1OCC(O)CN1CCCCCC1. The van der Waals surface area contributed by atoms with Crippen LogP contribution >= 0.6 is 0 Å². The molecule has 3 rings (SSSR count). The van der Waals surface area contributed by atoms with Crippen molar-refractivity contribution in [2.75, 3.05) is 46.6 Å². The number of aliphatic hydroxyl groups is 1. The van der Waals surface area contributed by atoms with Gasteiger partial charge in [-0.3, -0.25) is 0 Å². The van der Waals surface area contributed by atoms with Crippen LogP contribution in [0.5, 0.6) is 11.5 Å². The Kier molecular flexibility index (Phi) is 8.86. The van der Waals surface area contributed by atoms with E-state index in [9.17, 15) is 5.11 Å². The molecular weight excluding hydrogens is 356 g/mol. The summed E-state index contributed by atoms with van der Waals surface area (Å²) >= 11 is 0. The van der Waals surface area contributed by atoms with Crippen molar-refractivity contribution in [1.82, 2.24) is 10.2 Å². The smallest absolute Gasteiger partial charge is 0.161 e. The monoisotopic (exact) mass is 392 g/mol. The van der Waals surface area contributed by atoms with E-state index in [0.717, 1.165) is 45.7 Å². The fourth-order valence-corrected chi connectivity index (χ4v) is 3.96. The lowest BCUT2D eigenvalue weighted by atomic mass is 10.1. The van der Waals surface area contributed by atoms with E-state index in [1.165, 1.54) is 31.2 Å². The van der Waals surface area contributed by atoms with Crippen molar-refractivity contribution in [3.05, 3.63) is 23.8 Å². The highest BCUT2D eigenvalue weighted by atomic mass is 16.5. The Labute approximate surface area is 169 Å². The number of aliphatic hydroxyl groups excluding tert-OH is 1. The van der Waals surface area contributed by atoms with Crippen LogP contribution in [-0.4, -0.2) is 68.7 Å². The highest BCUT2D eigenvalue weighted by molar-refractivity contribution is 5.43. The Morgan fingerprint density at radius 1 is 1.14 bits per heavy atom. The summed E-state index contributed by atoms with van der Waals surface area (Å²) in [5.41, 5.74) is 1.17. The van der Waals surface area contributed by atoms with Gasteiger partial charge in [-0.15, -0.1) is 0 Å². The standard InChI is InChI=1S/C22H36N2O4/c1-26-22-14-18(15-23-19-8-12-27-13-9-19)6-7-21(22)28-17-20(25)16-24-10-4-2-3-5-11-24/h6-7,14,19-20,23,25H,2-5,8-13,15-17H2,1H3. The molecule has 0 bridgehead atoms. The van der Waals surface area contributed by atoms with Gasteiger partial charge in [-0.05, 0) is 56.5 Å². The van der Waals surface area contributed by atoms with Gasteiger partial charge in [0.05, 0.1) is 7.11 Å². The summed E-state index contributed by atoms with van der Waals surface area (Å²) in [5, 5.41) is 14.0. The normalized spacial score (nSPS) is 20.5. The van der Waals surface area contributed by atoms with Crippen molar-refractivity contribution in [2.45, 2.75) is 57.2 Å². The van der Waals surface area contributed by atoms with Gasteiger partial charge in [-0.25, -0.2) is 0 Å². The lowest BCUT2D eigenvalue weighted by Crippen LogP contribution is -2.36. The molecule has 0 spiro atoms. The Hall–Kier alpha value is -1.34. The number of benzene rings is 1. The van der Waals surface area contributed by atoms with Crippen LogP contribution in [0, 0.1) is 0 Å². The minimum atomic E-state index is -0.488. The maximum Gasteiger partial charge on any atom is 0.161 e. The summed E-state index contributed by atoms with van der Waals surface area (Å²) < 4.78 is 16.8. The quantitative estimate of drug-likeness (QED) is 0.674. The first-order valence-corrected chi connectivity index (χ1v) is 10.8. The first kappa shape index (κ1) is 21.4. The molecule has 1 unspecified atom stereocenters. The fraction of sp³-hybridized carbons (Fsp3) is 0.727. The maximum atomic E-state index is 10.4. The second-order valence-electron chi connectivity index (χ2n) is 7.93. The van der Waals surface area contributed by atoms with Crippen LogP contribution in [0.3, 0.4) is 0 Å². The predicted octanol–water partition coefficient (Wildman–Crippen LogP) is 2.58. The maximum absolute atomic E-state index is 10.4. The number of nitrogens with zero attached hydrogens (tertiary/aromatic N) is 1. The number of likely N-dealkylation sites (tertiary alicyclic amines) is 1. The topological polar surface area (TPSA) is 63.2 Å². The molecule has 0 saturated carbocycles. The van der Waals surface area contributed by atoms with Gasteiger partial charge in [0.25, 0.3) is 0 Å². The molecule has 2 fully saturated rings. The molecule has 1 aromatic carbocycles. The van der Waals surface area contributed by atoms with Gasteiger partial charge in [0.1, 0.15) is 12.7 Å². The van der Waals surface area contributed by atoms with Crippen molar-refractivity contribution in [2.24, 2.45) is 0 Å². The van der Waals surface area contributed by atoms with E-state index >= 15 is 0 Å². The van der Waals surface area contributed by atoms with Gasteiger partial charge in [-0.1, -0.05) is 18.9 Å². The molecule has 0 aliphatic carbocycles. The first-order chi connectivity index (χ1) is 13.7. The van der Waals surface area contributed by atoms with Crippen LogP contribution in [-0.2, 0) is 11.3 Å². The molecule has 2 N–H and O–H groups in total. The lowest BCUT2D eigenvalue weighted by molar-refractivity contribution is 0.0683. The highest BCUT2D eigenvalue weighted by Gasteiger charge is 2.16. The zero-order chi connectivity index (χ0) is 19.6. The van der Waals surface area contributed by atoms with Crippen molar-refractivity contribution >= 4 is 0 Å². The van der Waals surface area contributed by atoms with Crippen LogP contribution in [0.4, 0.5) is 0 Å². The van der Waals surface area contributed by atoms with Gasteiger partial charge < -0.3 is 29.5 Å². The molecule has 2 saturated heterocycles. The first-order valence-electron chi connectivity index (χ1n) is 10.8. The van der Waals surface area contributed by atoms with Gasteiger partial charge in [0.15, 0.2) is 11.5 Å². The molecule has 2 aliphatic heterocycles. The van der Waals surface area contributed by atoms with Crippen molar-refractivity contribution in [1.29, 1.82) is 0 Å². The van der Waals surface area contributed by atoms with Crippen molar-refractivity contribution in [3.63, 3.8) is 0 Å². The lowest BCUT2D eigenvalue weighted by Gasteiger charge is -2.24. The van der Waals surface area contributed by atoms with Gasteiger partial charge >= 0.3 is 0 Å². The third kappa shape index (κ3) is 6.92. The molecule has 0 aromatic heterocycles. The molecule has 0 radical (unpaired) electrons. The van der Waals surface area contributed by atoms with E-state index in [0.29, 0.717) is 24.1 Å². The van der Waals surface area contributed by atoms with Gasteiger partial charge in [0, 0.05) is 32.3 Å². The summed E-state index contributed by atoms with van der Waals surface area (Å²) in [7, 11) is 1.66. The molecule has 2 aliphatic rings. The molecule has 28 heavy (non-hydrogen) atoms. The van der Waals surface area contributed by atoms with E-state index in [1.54, 1.807) is 7.11 Å². The summed E-state index contributed by atoms with van der Waals surface area (Å²) in [6.45, 7) is 5.60. The Bertz CT molecular complexity index is 570. The zero-order valence-corrected chi connectivity index (χ0v) is 17.2. The Morgan fingerprint density at radius 3 is 2.61 bits per heavy atom. The van der Waals surface area contributed by atoms with Crippen molar-refractivity contribution in [3.8, 4) is 11.5 Å². The summed E-state index contributed by atoms with van der Waals surface area (Å²) in [5.74, 6) is 1.40. The highest BCUT2D eigenvalue weighted by Crippen LogP contribution is 2.28. The zero-order valence-electron chi connectivity index (χ0n) is 17.2. The van der Waals surface area contributed by atoms with Crippen LogP contribution in [0.2, 0.25) is 0 Å². The third-order valence-electron chi connectivity index (χ3n) is 5.64. The summed E-state index contributed by atoms with van der Waals surface area (Å²) in [4.78, 5) is 2.35. The van der Waals surface area contributed by atoms with Crippen LogP contribution in [0.15, 0.2) is 18.2 Å². The summed E-state index contributed by atoms with van der Waals surface area (Å²) in [6, 6.07) is 6.54. The van der Waals surface area contributed by atoms with Crippen molar-refractivity contribution < 1.29 is 19.3 Å².